The van der Waals surface area contributed by atoms with Gasteiger partial charge in [-0.1, -0.05) is 6.92 Å². The summed E-state index contributed by atoms with van der Waals surface area (Å²) in [4.78, 5) is 23.4. The van der Waals surface area contributed by atoms with Gasteiger partial charge in [0.25, 0.3) is 5.56 Å². The molecule has 5 nitrogen and oxygen atoms in total. The van der Waals surface area contributed by atoms with Crippen LogP contribution >= 0.6 is 0 Å². The molecule has 0 unspecified atom stereocenters. The van der Waals surface area contributed by atoms with Crippen LogP contribution in [0, 0.1) is 0 Å². The lowest BCUT2D eigenvalue weighted by Crippen LogP contribution is -2.43. The summed E-state index contributed by atoms with van der Waals surface area (Å²) in [5.74, 6) is 0. The second-order valence-corrected chi connectivity index (χ2v) is 5.00. The quantitative estimate of drug-likeness (QED) is 0.825. The minimum Gasteiger partial charge on any atom is -0.307 e. The minimum atomic E-state index is -0.298. The molecule has 0 aliphatic carbocycles. The lowest BCUT2D eigenvalue weighted by Gasteiger charge is -2.24. The van der Waals surface area contributed by atoms with Gasteiger partial charge in [0, 0.05) is 37.9 Å². The molecular formula is C12H21N3O2. The Morgan fingerprint density at radius 3 is 2.41 bits per heavy atom. The summed E-state index contributed by atoms with van der Waals surface area (Å²) in [6, 6.07) is 0. The van der Waals surface area contributed by atoms with Gasteiger partial charge in [0.05, 0.1) is 0 Å². The molecule has 1 aromatic heterocycles. The first kappa shape index (κ1) is 13.7. The van der Waals surface area contributed by atoms with E-state index in [1.165, 1.54) is 11.6 Å². The van der Waals surface area contributed by atoms with Gasteiger partial charge in [0.15, 0.2) is 0 Å². The highest BCUT2D eigenvalue weighted by Crippen LogP contribution is 2.07. The molecule has 96 valence electrons. The van der Waals surface area contributed by atoms with Gasteiger partial charge in [-0.25, -0.2) is 4.79 Å². The van der Waals surface area contributed by atoms with Gasteiger partial charge < -0.3 is 9.88 Å². The summed E-state index contributed by atoms with van der Waals surface area (Å²) in [5, 5.41) is 3.31. The molecule has 0 saturated carbocycles. The third-order valence-corrected chi connectivity index (χ3v) is 3.16. The monoisotopic (exact) mass is 239 g/mol. The first-order valence-corrected chi connectivity index (χ1v) is 5.79. The third kappa shape index (κ3) is 3.06. The average Bonchev–Trinajstić information content (AvgIpc) is 2.29. The Hall–Kier alpha value is -1.36. The molecule has 17 heavy (non-hydrogen) atoms. The standard InChI is InChI=1S/C12H21N3O2/c1-6-12(2,3)13-7-9-8-14(4)11(17)15(5)10(9)16/h8,13H,6-7H2,1-5H3. The van der Waals surface area contributed by atoms with Crippen molar-refractivity contribution in [3.8, 4) is 0 Å². The zero-order valence-electron chi connectivity index (χ0n) is 11.2. The van der Waals surface area contributed by atoms with E-state index in [0.717, 1.165) is 11.0 Å². The van der Waals surface area contributed by atoms with E-state index in [-0.39, 0.29) is 16.8 Å². The number of nitrogens with zero attached hydrogens (tertiary/aromatic N) is 2. The van der Waals surface area contributed by atoms with Gasteiger partial charge in [-0.3, -0.25) is 9.36 Å². The van der Waals surface area contributed by atoms with Crippen LogP contribution in [0.1, 0.15) is 32.8 Å². The highest BCUT2D eigenvalue weighted by Gasteiger charge is 2.15. The summed E-state index contributed by atoms with van der Waals surface area (Å²) in [7, 11) is 3.15. The smallest absolute Gasteiger partial charge is 0.307 e. The van der Waals surface area contributed by atoms with E-state index in [1.807, 2.05) is 0 Å². The van der Waals surface area contributed by atoms with Crippen LogP contribution in [-0.4, -0.2) is 14.7 Å². The zero-order chi connectivity index (χ0) is 13.2. The van der Waals surface area contributed by atoms with Crippen molar-refractivity contribution in [1.29, 1.82) is 0 Å². The molecular weight excluding hydrogens is 218 g/mol. The van der Waals surface area contributed by atoms with Gasteiger partial charge in [0.2, 0.25) is 0 Å². The topological polar surface area (TPSA) is 56.0 Å². The van der Waals surface area contributed by atoms with E-state index in [2.05, 4.69) is 26.1 Å². The predicted octanol–water partition coefficient (Wildman–Crippen LogP) is 0.362. The van der Waals surface area contributed by atoms with E-state index in [1.54, 1.807) is 13.2 Å². The summed E-state index contributed by atoms with van der Waals surface area (Å²) < 4.78 is 2.56. The summed E-state index contributed by atoms with van der Waals surface area (Å²) in [6.45, 7) is 6.73. The van der Waals surface area contributed by atoms with Crippen molar-refractivity contribution < 1.29 is 0 Å². The second-order valence-electron chi connectivity index (χ2n) is 5.00. The maximum atomic E-state index is 11.9. The van der Waals surface area contributed by atoms with Crippen LogP contribution in [0.3, 0.4) is 0 Å². The van der Waals surface area contributed by atoms with Crippen LogP contribution in [0.5, 0.6) is 0 Å². The summed E-state index contributed by atoms with van der Waals surface area (Å²) in [5.41, 5.74) is 0.0665. The van der Waals surface area contributed by atoms with Crippen LogP contribution in [0.2, 0.25) is 0 Å². The highest BCUT2D eigenvalue weighted by molar-refractivity contribution is 5.05. The Labute approximate surface area is 101 Å². The van der Waals surface area contributed by atoms with Gasteiger partial charge in [-0.15, -0.1) is 0 Å². The van der Waals surface area contributed by atoms with E-state index in [4.69, 9.17) is 0 Å². The molecule has 5 heteroatoms. The fourth-order valence-corrected chi connectivity index (χ4v) is 1.46. The molecule has 0 radical (unpaired) electrons. The number of rotatable bonds is 4. The molecule has 1 aromatic rings. The predicted molar refractivity (Wildman–Crippen MR) is 68.1 cm³/mol. The molecule has 0 atom stereocenters. The number of aryl methyl sites for hydroxylation is 1. The summed E-state index contributed by atoms with van der Waals surface area (Å²) in [6.07, 6.45) is 2.57. The molecule has 1 heterocycles. The van der Waals surface area contributed by atoms with Crippen molar-refractivity contribution in [1.82, 2.24) is 14.5 Å². The van der Waals surface area contributed by atoms with Crippen molar-refractivity contribution in [2.75, 3.05) is 0 Å². The number of hydrogen-bond acceptors (Lipinski definition) is 3. The van der Waals surface area contributed by atoms with Crippen LogP contribution in [0.25, 0.3) is 0 Å². The van der Waals surface area contributed by atoms with Crippen LogP contribution < -0.4 is 16.6 Å². The van der Waals surface area contributed by atoms with Crippen molar-refractivity contribution >= 4 is 0 Å². The van der Waals surface area contributed by atoms with Crippen LogP contribution in [0.15, 0.2) is 15.8 Å². The largest absolute Gasteiger partial charge is 0.330 e. The van der Waals surface area contributed by atoms with Crippen LogP contribution in [-0.2, 0) is 20.6 Å². The molecule has 0 saturated heterocycles. The first-order chi connectivity index (χ1) is 7.78. The fourth-order valence-electron chi connectivity index (χ4n) is 1.46. The van der Waals surface area contributed by atoms with Gasteiger partial charge in [-0.05, 0) is 20.3 Å². The molecule has 0 spiro atoms. The molecule has 0 bridgehead atoms. The SMILES string of the molecule is CCC(C)(C)NCc1cn(C)c(=O)n(C)c1=O. The number of nitrogens with one attached hydrogen (secondary N) is 1. The van der Waals surface area contributed by atoms with E-state index in [0.29, 0.717) is 12.1 Å². The fraction of sp³-hybridized carbons (Fsp3) is 0.667. The van der Waals surface area contributed by atoms with Crippen molar-refractivity contribution in [2.24, 2.45) is 14.1 Å². The Morgan fingerprint density at radius 1 is 1.29 bits per heavy atom. The van der Waals surface area contributed by atoms with E-state index < -0.39 is 0 Å². The van der Waals surface area contributed by atoms with Gasteiger partial charge in [0.1, 0.15) is 0 Å². The molecule has 1 N–H and O–H groups in total. The molecule has 0 aliphatic heterocycles. The molecule has 1 rings (SSSR count). The van der Waals surface area contributed by atoms with E-state index >= 15 is 0 Å². The van der Waals surface area contributed by atoms with Crippen molar-refractivity contribution in [3.63, 3.8) is 0 Å². The number of hydrogen-bond donors (Lipinski definition) is 1. The normalized spacial score (nSPS) is 11.8. The molecule has 0 aromatic carbocycles. The Morgan fingerprint density at radius 2 is 1.88 bits per heavy atom. The molecule has 0 aliphatic rings. The highest BCUT2D eigenvalue weighted by atomic mass is 16.2. The Balaban J connectivity index is 3.02. The van der Waals surface area contributed by atoms with Gasteiger partial charge >= 0.3 is 5.69 Å². The Bertz CT molecular complexity index is 511. The number of aromatic nitrogens is 2. The minimum absolute atomic E-state index is 0.0142. The van der Waals surface area contributed by atoms with E-state index in [9.17, 15) is 9.59 Å². The Kier molecular flexibility index (Phi) is 3.93. The summed E-state index contributed by atoms with van der Waals surface area (Å²) >= 11 is 0. The third-order valence-electron chi connectivity index (χ3n) is 3.16. The molecule has 0 amide bonds. The maximum absolute atomic E-state index is 11.9. The zero-order valence-corrected chi connectivity index (χ0v) is 11.2. The molecule has 0 fully saturated rings. The second kappa shape index (κ2) is 4.87. The lowest BCUT2D eigenvalue weighted by molar-refractivity contribution is 0.372. The average molecular weight is 239 g/mol. The lowest BCUT2D eigenvalue weighted by atomic mass is 10.0. The van der Waals surface area contributed by atoms with Crippen molar-refractivity contribution in [2.45, 2.75) is 39.3 Å². The van der Waals surface area contributed by atoms with Crippen molar-refractivity contribution in [3.05, 3.63) is 32.6 Å². The van der Waals surface area contributed by atoms with Crippen LogP contribution in [0.4, 0.5) is 0 Å². The van der Waals surface area contributed by atoms with Gasteiger partial charge in [-0.2, -0.15) is 0 Å². The first-order valence-electron chi connectivity index (χ1n) is 5.79. The maximum Gasteiger partial charge on any atom is 0.330 e.